The molecule has 3 aromatic rings. The van der Waals surface area contributed by atoms with Crippen molar-refractivity contribution < 1.29 is 17.7 Å². The van der Waals surface area contributed by atoms with Crippen molar-refractivity contribution in [2.45, 2.75) is 36.9 Å². The Labute approximate surface area is 187 Å². The van der Waals surface area contributed by atoms with Gasteiger partial charge in [0.1, 0.15) is 4.75 Å². The molecule has 0 bridgehead atoms. The summed E-state index contributed by atoms with van der Waals surface area (Å²) in [6.07, 6.45) is 0.421. The smallest absolute Gasteiger partial charge is 0.253 e. The van der Waals surface area contributed by atoms with Crippen LogP contribution in [0.25, 0.3) is 11.4 Å². The van der Waals surface area contributed by atoms with Gasteiger partial charge in [-0.05, 0) is 30.0 Å². The van der Waals surface area contributed by atoms with Crippen LogP contribution in [0.3, 0.4) is 0 Å². The van der Waals surface area contributed by atoms with Crippen molar-refractivity contribution in [1.82, 2.24) is 15.0 Å². The zero-order valence-electron chi connectivity index (χ0n) is 18.1. The van der Waals surface area contributed by atoms with E-state index in [9.17, 15) is 13.2 Å². The number of benzene rings is 2. The van der Waals surface area contributed by atoms with Gasteiger partial charge in [-0.2, -0.15) is 4.98 Å². The molecule has 2 fully saturated rings. The van der Waals surface area contributed by atoms with E-state index in [4.69, 9.17) is 4.52 Å². The molecule has 8 heteroatoms. The van der Waals surface area contributed by atoms with Crippen LogP contribution < -0.4 is 0 Å². The summed E-state index contributed by atoms with van der Waals surface area (Å²) in [5, 5.41) is 4.07. The van der Waals surface area contributed by atoms with Crippen molar-refractivity contribution in [3.63, 3.8) is 0 Å². The number of hydrogen-bond acceptors (Lipinski definition) is 6. The van der Waals surface area contributed by atoms with Crippen LogP contribution in [0.5, 0.6) is 0 Å². The predicted octanol–water partition coefficient (Wildman–Crippen LogP) is 3.66. The van der Waals surface area contributed by atoms with Crippen LogP contribution in [0, 0.1) is 0 Å². The molecule has 1 spiro atoms. The highest BCUT2D eigenvalue weighted by Crippen LogP contribution is 2.50. The fourth-order valence-corrected chi connectivity index (χ4v) is 7.05. The van der Waals surface area contributed by atoms with Crippen LogP contribution in [0.2, 0.25) is 0 Å². The SMILES string of the molecule is CC(C)c1ccc(C(=O)N2CC3(C2)C(c2nc(-c4ccccc4)no2)CCS3(=O)=O)cc1. The molecule has 1 atom stereocenters. The van der Waals surface area contributed by atoms with Gasteiger partial charge in [-0.1, -0.05) is 61.5 Å². The lowest BCUT2D eigenvalue weighted by molar-refractivity contribution is 0.0504. The Balaban J connectivity index is 1.38. The van der Waals surface area contributed by atoms with Crippen molar-refractivity contribution in [3.8, 4) is 11.4 Å². The van der Waals surface area contributed by atoms with Gasteiger partial charge in [-0.25, -0.2) is 8.42 Å². The first-order chi connectivity index (χ1) is 15.3. The monoisotopic (exact) mass is 451 g/mol. The van der Waals surface area contributed by atoms with Crippen LogP contribution >= 0.6 is 0 Å². The summed E-state index contributed by atoms with van der Waals surface area (Å²) in [5.41, 5.74) is 2.54. The van der Waals surface area contributed by atoms with Gasteiger partial charge < -0.3 is 9.42 Å². The van der Waals surface area contributed by atoms with E-state index in [0.29, 0.717) is 29.6 Å². The summed E-state index contributed by atoms with van der Waals surface area (Å²) in [6, 6.07) is 17.0. The quantitative estimate of drug-likeness (QED) is 0.601. The number of rotatable bonds is 4. The number of carbonyl (C=O) groups is 1. The molecule has 7 nitrogen and oxygen atoms in total. The Bertz CT molecular complexity index is 1240. The Morgan fingerprint density at radius 3 is 2.44 bits per heavy atom. The number of sulfone groups is 1. The molecule has 5 rings (SSSR count). The van der Waals surface area contributed by atoms with Crippen LogP contribution in [0.4, 0.5) is 0 Å². The summed E-state index contributed by atoms with van der Waals surface area (Å²) in [6.45, 7) is 4.49. The third-order valence-corrected chi connectivity index (χ3v) is 9.28. The van der Waals surface area contributed by atoms with E-state index in [1.807, 2.05) is 54.6 Å². The minimum absolute atomic E-state index is 0.0613. The number of hydrogen-bond donors (Lipinski definition) is 0. The summed E-state index contributed by atoms with van der Waals surface area (Å²) in [7, 11) is -3.39. The maximum atomic E-state index is 13.0. The fraction of sp³-hybridized carbons (Fsp3) is 0.375. The summed E-state index contributed by atoms with van der Waals surface area (Å²) in [4.78, 5) is 19.1. The standard InChI is InChI=1S/C24H25N3O4S/c1-16(2)17-8-10-19(11-9-17)23(28)27-14-24(15-27)20(12-13-32(24,29)30)22-25-21(26-31-22)18-6-4-3-5-7-18/h3-11,16,20H,12-15H2,1-2H3. The molecule has 0 saturated carbocycles. The molecule has 1 aromatic heterocycles. The fourth-order valence-electron chi connectivity index (χ4n) is 4.74. The molecular weight excluding hydrogens is 426 g/mol. The lowest BCUT2D eigenvalue weighted by atomic mass is 9.82. The average molecular weight is 452 g/mol. The highest BCUT2D eigenvalue weighted by atomic mass is 32.2. The Kier molecular flexibility index (Phi) is 4.93. The Morgan fingerprint density at radius 2 is 1.78 bits per heavy atom. The Morgan fingerprint density at radius 1 is 1.09 bits per heavy atom. The third-order valence-electron chi connectivity index (χ3n) is 6.73. The van der Waals surface area contributed by atoms with E-state index in [1.165, 1.54) is 0 Å². The number of carbonyl (C=O) groups excluding carboxylic acids is 1. The van der Waals surface area contributed by atoms with Crippen molar-refractivity contribution in [2.75, 3.05) is 18.8 Å². The number of nitrogens with zero attached hydrogens (tertiary/aromatic N) is 3. The second-order valence-electron chi connectivity index (χ2n) is 8.99. The molecule has 2 aliphatic rings. The van der Waals surface area contributed by atoms with E-state index < -0.39 is 20.5 Å². The highest BCUT2D eigenvalue weighted by Gasteiger charge is 2.64. The molecule has 0 radical (unpaired) electrons. The largest absolute Gasteiger partial charge is 0.339 e. The molecular formula is C24H25N3O4S. The van der Waals surface area contributed by atoms with Crippen LogP contribution in [-0.2, 0) is 9.84 Å². The first kappa shape index (κ1) is 20.9. The van der Waals surface area contributed by atoms with E-state index in [1.54, 1.807) is 4.90 Å². The molecule has 2 saturated heterocycles. The van der Waals surface area contributed by atoms with Gasteiger partial charge in [0.15, 0.2) is 9.84 Å². The van der Waals surface area contributed by atoms with Crippen molar-refractivity contribution in [1.29, 1.82) is 0 Å². The topological polar surface area (TPSA) is 93.4 Å². The predicted molar refractivity (Wildman–Crippen MR) is 120 cm³/mol. The minimum atomic E-state index is -3.39. The second-order valence-corrected chi connectivity index (χ2v) is 11.4. The molecule has 0 aliphatic carbocycles. The van der Waals surface area contributed by atoms with Gasteiger partial charge in [0.05, 0.1) is 11.7 Å². The van der Waals surface area contributed by atoms with Gasteiger partial charge in [0, 0.05) is 24.2 Å². The van der Waals surface area contributed by atoms with Gasteiger partial charge in [0.25, 0.3) is 5.91 Å². The summed E-state index contributed by atoms with van der Waals surface area (Å²) in [5.74, 6) is 0.653. The molecule has 32 heavy (non-hydrogen) atoms. The molecule has 1 unspecified atom stereocenters. The maximum absolute atomic E-state index is 13.0. The van der Waals surface area contributed by atoms with Crippen LogP contribution in [0.1, 0.15) is 53.9 Å². The van der Waals surface area contributed by atoms with Gasteiger partial charge in [-0.3, -0.25) is 4.79 Å². The lowest BCUT2D eigenvalue weighted by Crippen LogP contribution is -2.67. The zero-order chi connectivity index (χ0) is 22.5. The van der Waals surface area contributed by atoms with E-state index in [-0.39, 0.29) is 24.7 Å². The third kappa shape index (κ3) is 3.24. The van der Waals surface area contributed by atoms with E-state index >= 15 is 0 Å². The van der Waals surface area contributed by atoms with E-state index in [2.05, 4.69) is 24.0 Å². The summed E-state index contributed by atoms with van der Waals surface area (Å²) < 4.78 is 30.5. The normalized spacial score (nSPS) is 21.1. The second kappa shape index (κ2) is 7.55. The average Bonchev–Trinajstić information content (AvgIpc) is 3.35. The van der Waals surface area contributed by atoms with Gasteiger partial charge in [-0.15, -0.1) is 0 Å². The zero-order valence-corrected chi connectivity index (χ0v) is 18.9. The molecule has 2 aromatic carbocycles. The maximum Gasteiger partial charge on any atom is 0.253 e. The van der Waals surface area contributed by atoms with Crippen molar-refractivity contribution in [2.24, 2.45) is 0 Å². The molecule has 2 aliphatic heterocycles. The van der Waals surface area contributed by atoms with Crippen LogP contribution in [0.15, 0.2) is 59.1 Å². The Hall–Kier alpha value is -3.00. The lowest BCUT2D eigenvalue weighted by Gasteiger charge is -2.49. The number of aromatic nitrogens is 2. The van der Waals surface area contributed by atoms with E-state index in [0.717, 1.165) is 11.1 Å². The van der Waals surface area contributed by atoms with Crippen LogP contribution in [-0.4, -0.2) is 53.0 Å². The number of likely N-dealkylation sites (tertiary alicyclic amines) is 1. The van der Waals surface area contributed by atoms with Crippen molar-refractivity contribution in [3.05, 3.63) is 71.6 Å². The summed E-state index contributed by atoms with van der Waals surface area (Å²) >= 11 is 0. The van der Waals surface area contributed by atoms with Gasteiger partial charge >= 0.3 is 0 Å². The molecule has 0 N–H and O–H groups in total. The molecule has 1 amide bonds. The molecule has 166 valence electrons. The molecule has 3 heterocycles. The first-order valence-corrected chi connectivity index (χ1v) is 12.5. The number of amides is 1. The van der Waals surface area contributed by atoms with Gasteiger partial charge in [0.2, 0.25) is 11.7 Å². The van der Waals surface area contributed by atoms with Crippen molar-refractivity contribution >= 4 is 15.7 Å². The minimum Gasteiger partial charge on any atom is -0.339 e. The first-order valence-electron chi connectivity index (χ1n) is 10.8. The highest BCUT2D eigenvalue weighted by molar-refractivity contribution is 7.93.